The van der Waals surface area contributed by atoms with Crippen molar-refractivity contribution in [2.24, 2.45) is 0 Å². The van der Waals surface area contributed by atoms with Crippen molar-refractivity contribution in [2.75, 3.05) is 23.9 Å². The van der Waals surface area contributed by atoms with E-state index in [0.717, 1.165) is 33.6 Å². The molecule has 0 spiro atoms. The van der Waals surface area contributed by atoms with Crippen LogP contribution in [-0.2, 0) is 11.3 Å². The van der Waals surface area contributed by atoms with Crippen LogP contribution in [0.4, 0.5) is 11.4 Å². The van der Waals surface area contributed by atoms with Crippen molar-refractivity contribution in [3.63, 3.8) is 0 Å². The number of amides is 1. The Kier molecular flexibility index (Phi) is 4.51. The standard InChI is InChI=1S/C24H22N2O/c1-25(2)20-14-12-18(13-15-20)16-22-21-10-6-7-11-23(21)26(24(22)27)17-19-8-4-3-5-9-19/h3-16H,17H2,1-2H3. The molecule has 1 amide bonds. The van der Waals surface area contributed by atoms with E-state index in [2.05, 4.69) is 41.3 Å². The minimum Gasteiger partial charge on any atom is -0.378 e. The molecule has 4 rings (SSSR count). The van der Waals surface area contributed by atoms with E-state index in [4.69, 9.17) is 0 Å². The SMILES string of the molecule is CN(C)c1ccc(C=C2C(=O)N(Cc3ccccc3)c3ccccc32)cc1. The van der Waals surface area contributed by atoms with Gasteiger partial charge in [0, 0.05) is 30.9 Å². The molecule has 0 atom stereocenters. The van der Waals surface area contributed by atoms with E-state index in [-0.39, 0.29) is 5.91 Å². The molecule has 0 aromatic heterocycles. The van der Waals surface area contributed by atoms with E-state index in [1.165, 1.54) is 0 Å². The minimum atomic E-state index is 0.0525. The van der Waals surface area contributed by atoms with Crippen LogP contribution in [0.5, 0.6) is 0 Å². The first kappa shape index (κ1) is 17.1. The molecule has 3 aromatic rings. The molecule has 134 valence electrons. The van der Waals surface area contributed by atoms with Crippen molar-refractivity contribution in [2.45, 2.75) is 6.54 Å². The molecule has 0 N–H and O–H groups in total. The number of anilines is 2. The van der Waals surface area contributed by atoms with E-state index in [1.54, 1.807) is 0 Å². The maximum Gasteiger partial charge on any atom is 0.259 e. The summed E-state index contributed by atoms with van der Waals surface area (Å²) in [7, 11) is 4.04. The van der Waals surface area contributed by atoms with E-state index < -0.39 is 0 Å². The molecule has 3 aromatic carbocycles. The maximum absolute atomic E-state index is 13.2. The predicted octanol–water partition coefficient (Wildman–Crippen LogP) is 4.84. The number of rotatable bonds is 4. The molecule has 27 heavy (non-hydrogen) atoms. The fourth-order valence-corrected chi connectivity index (χ4v) is 3.40. The molecule has 0 unspecified atom stereocenters. The van der Waals surface area contributed by atoms with Gasteiger partial charge in [-0.25, -0.2) is 0 Å². The second-order valence-electron chi connectivity index (χ2n) is 6.94. The monoisotopic (exact) mass is 354 g/mol. The second-order valence-corrected chi connectivity index (χ2v) is 6.94. The Morgan fingerprint density at radius 3 is 2.22 bits per heavy atom. The van der Waals surface area contributed by atoms with Crippen molar-refractivity contribution >= 4 is 28.9 Å². The number of hydrogen-bond acceptors (Lipinski definition) is 2. The molecule has 1 aliphatic rings. The molecule has 0 bridgehead atoms. The first-order chi connectivity index (χ1) is 13.1. The Balaban J connectivity index is 1.70. The number of benzene rings is 3. The number of nitrogens with zero attached hydrogens (tertiary/aromatic N) is 2. The number of carbonyl (C=O) groups excluding carboxylic acids is 1. The highest BCUT2D eigenvalue weighted by Gasteiger charge is 2.31. The number of para-hydroxylation sites is 1. The van der Waals surface area contributed by atoms with E-state index in [1.807, 2.05) is 67.5 Å². The summed E-state index contributed by atoms with van der Waals surface area (Å²) in [4.78, 5) is 17.1. The molecule has 0 aliphatic carbocycles. The quantitative estimate of drug-likeness (QED) is 0.626. The van der Waals surface area contributed by atoms with Crippen molar-refractivity contribution < 1.29 is 4.79 Å². The lowest BCUT2D eigenvalue weighted by Gasteiger charge is -2.17. The molecular formula is C24H22N2O. The lowest BCUT2D eigenvalue weighted by molar-refractivity contribution is -0.113. The van der Waals surface area contributed by atoms with Crippen LogP contribution >= 0.6 is 0 Å². The lowest BCUT2D eigenvalue weighted by atomic mass is 10.0. The third kappa shape index (κ3) is 3.36. The lowest BCUT2D eigenvalue weighted by Crippen LogP contribution is -2.25. The molecule has 0 radical (unpaired) electrons. The van der Waals surface area contributed by atoms with Gasteiger partial charge in [0.2, 0.25) is 0 Å². The van der Waals surface area contributed by atoms with E-state index in [9.17, 15) is 4.79 Å². The van der Waals surface area contributed by atoms with E-state index in [0.29, 0.717) is 6.54 Å². The van der Waals surface area contributed by atoms with Crippen LogP contribution in [0.2, 0.25) is 0 Å². The highest BCUT2D eigenvalue weighted by atomic mass is 16.2. The minimum absolute atomic E-state index is 0.0525. The van der Waals surface area contributed by atoms with Crippen LogP contribution in [0.3, 0.4) is 0 Å². The molecule has 1 aliphatic heterocycles. The summed E-state index contributed by atoms with van der Waals surface area (Å²) < 4.78 is 0. The molecule has 1 heterocycles. The first-order valence-electron chi connectivity index (χ1n) is 9.08. The van der Waals surface area contributed by atoms with Gasteiger partial charge < -0.3 is 9.80 Å². The number of fused-ring (bicyclic) bond motifs is 1. The highest BCUT2D eigenvalue weighted by molar-refractivity contribution is 6.35. The summed E-state index contributed by atoms with van der Waals surface area (Å²) in [6.45, 7) is 0.577. The predicted molar refractivity (Wildman–Crippen MR) is 113 cm³/mol. The summed E-state index contributed by atoms with van der Waals surface area (Å²) in [6, 6.07) is 26.4. The fourth-order valence-electron chi connectivity index (χ4n) is 3.40. The summed E-state index contributed by atoms with van der Waals surface area (Å²) in [5.74, 6) is 0.0525. The van der Waals surface area contributed by atoms with Gasteiger partial charge >= 0.3 is 0 Å². The Bertz CT molecular complexity index is 988. The first-order valence-corrected chi connectivity index (χ1v) is 9.08. The normalized spacial score (nSPS) is 14.5. The van der Waals surface area contributed by atoms with Gasteiger partial charge in [-0.15, -0.1) is 0 Å². The zero-order valence-corrected chi connectivity index (χ0v) is 15.6. The van der Waals surface area contributed by atoms with Crippen molar-refractivity contribution in [3.8, 4) is 0 Å². The largest absolute Gasteiger partial charge is 0.378 e. The van der Waals surface area contributed by atoms with Gasteiger partial charge in [-0.2, -0.15) is 0 Å². The van der Waals surface area contributed by atoms with Gasteiger partial charge in [-0.05, 0) is 35.4 Å². The van der Waals surface area contributed by atoms with Gasteiger partial charge in [-0.3, -0.25) is 4.79 Å². The molecule has 3 heteroatoms. The molecular weight excluding hydrogens is 332 g/mol. The van der Waals surface area contributed by atoms with Gasteiger partial charge in [0.25, 0.3) is 5.91 Å². The summed E-state index contributed by atoms with van der Waals surface area (Å²) >= 11 is 0. The fraction of sp³-hybridized carbons (Fsp3) is 0.125. The van der Waals surface area contributed by atoms with Crippen LogP contribution in [0.1, 0.15) is 16.7 Å². The van der Waals surface area contributed by atoms with Gasteiger partial charge in [0.05, 0.1) is 12.2 Å². The van der Waals surface area contributed by atoms with E-state index >= 15 is 0 Å². The van der Waals surface area contributed by atoms with Gasteiger partial charge in [0.1, 0.15) is 0 Å². The van der Waals surface area contributed by atoms with Crippen LogP contribution in [0.15, 0.2) is 78.9 Å². The number of hydrogen-bond donors (Lipinski definition) is 0. The summed E-state index contributed by atoms with van der Waals surface area (Å²) in [5, 5.41) is 0. The van der Waals surface area contributed by atoms with Crippen LogP contribution in [0, 0.1) is 0 Å². The zero-order valence-electron chi connectivity index (χ0n) is 15.6. The highest BCUT2D eigenvalue weighted by Crippen LogP contribution is 2.38. The number of carbonyl (C=O) groups is 1. The Morgan fingerprint density at radius 2 is 1.52 bits per heavy atom. The second kappa shape index (κ2) is 7.12. The topological polar surface area (TPSA) is 23.6 Å². The van der Waals surface area contributed by atoms with Gasteiger partial charge in [-0.1, -0.05) is 60.7 Å². The smallest absolute Gasteiger partial charge is 0.259 e. The molecule has 0 fully saturated rings. The van der Waals surface area contributed by atoms with Crippen LogP contribution in [-0.4, -0.2) is 20.0 Å². The third-order valence-corrected chi connectivity index (χ3v) is 4.86. The molecule has 0 saturated heterocycles. The maximum atomic E-state index is 13.2. The van der Waals surface area contributed by atoms with Gasteiger partial charge in [0.15, 0.2) is 0 Å². The third-order valence-electron chi connectivity index (χ3n) is 4.86. The Labute approximate surface area is 160 Å². The Hall–Kier alpha value is -3.33. The average Bonchev–Trinajstić information content (AvgIpc) is 2.95. The van der Waals surface area contributed by atoms with Crippen molar-refractivity contribution in [3.05, 3.63) is 95.6 Å². The van der Waals surface area contributed by atoms with Crippen LogP contribution in [0.25, 0.3) is 11.6 Å². The molecule has 3 nitrogen and oxygen atoms in total. The van der Waals surface area contributed by atoms with Crippen molar-refractivity contribution in [1.82, 2.24) is 0 Å². The summed E-state index contributed by atoms with van der Waals surface area (Å²) in [6.07, 6.45) is 1.99. The van der Waals surface area contributed by atoms with Crippen molar-refractivity contribution in [1.29, 1.82) is 0 Å². The average molecular weight is 354 g/mol. The zero-order chi connectivity index (χ0) is 18.8. The van der Waals surface area contributed by atoms with Crippen LogP contribution < -0.4 is 9.80 Å². The summed E-state index contributed by atoms with van der Waals surface area (Å²) in [5.41, 5.74) is 6.01. The Morgan fingerprint density at radius 1 is 0.852 bits per heavy atom. The molecule has 0 saturated carbocycles.